The second-order valence-corrected chi connectivity index (χ2v) is 5.11. The molecule has 0 unspecified atom stereocenters. The van der Waals surface area contributed by atoms with Gasteiger partial charge in [-0.15, -0.1) is 0 Å². The van der Waals surface area contributed by atoms with Gasteiger partial charge in [-0.2, -0.15) is 0 Å². The molecule has 3 N–H and O–H groups in total. The summed E-state index contributed by atoms with van der Waals surface area (Å²) in [4.78, 5) is 22.3. The third-order valence-electron chi connectivity index (χ3n) is 3.57. The first kappa shape index (κ1) is 12.4. The molecule has 0 heterocycles. The van der Waals surface area contributed by atoms with Crippen molar-refractivity contribution < 1.29 is 14.7 Å². The molecule has 0 spiro atoms. The van der Waals surface area contributed by atoms with Gasteiger partial charge in [0, 0.05) is 12.1 Å². The Balaban J connectivity index is 1.62. The quantitative estimate of drug-likeness (QED) is 0.654. The molecule has 0 aromatic carbocycles. The fourth-order valence-corrected chi connectivity index (χ4v) is 2.29. The molecule has 0 atom stereocenters. The van der Waals surface area contributed by atoms with Gasteiger partial charge < -0.3 is 15.7 Å². The zero-order chi connectivity index (χ0) is 12.3. The molecule has 0 aliphatic heterocycles. The Morgan fingerprint density at radius 2 is 1.59 bits per heavy atom. The number of aliphatic carboxylic acids is 1. The molecule has 5 nitrogen and oxygen atoms in total. The van der Waals surface area contributed by atoms with E-state index in [1.807, 2.05) is 0 Å². The van der Waals surface area contributed by atoms with E-state index in [9.17, 15) is 9.59 Å². The highest BCUT2D eigenvalue weighted by atomic mass is 16.4. The van der Waals surface area contributed by atoms with E-state index in [-0.39, 0.29) is 17.9 Å². The van der Waals surface area contributed by atoms with Crippen molar-refractivity contribution in [2.45, 2.75) is 50.6 Å². The molecule has 96 valence electrons. The number of rotatable bonds is 5. The van der Waals surface area contributed by atoms with Crippen LogP contribution in [0.4, 0.5) is 0 Å². The second-order valence-electron chi connectivity index (χ2n) is 5.11. The Labute approximate surface area is 101 Å². The molecule has 2 fully saturated rings. The van der Waals surface area contributed by atoms with Gasteiger partial charge in [0.1, 0.15) is 0 Å². The highest BCUT2D eigenvalue weighted by molar-refractivity contribution is 5.78. The minimum atomic E-state index is -0.704. The predicted octanol–water partition coefficient (Wildman–Crippen LogP) is 0.498. The summed E-state index contributed by atoms with van der Waals surface area (Å²) in [6.07, 6.45) is 5.28. The van der Waals surface area contributed by atoms with Crippen molar-refractivity contribution in [2.75, 3.05) is 6.54 Å². The monoisotopic (exact) mass is 240 g/mol. The van der Waals surface area contributed by atoms with E-state index in [1.165, 1.54) is 12.8 Å². The molecule has 2 aliphatic rings. The molecular formula is C12H20N2O3. The van der Waals surface area contributed by atoms with Crippen LogP contribution < -0.4 is 10.6 Å². The third-order valence-corrected chi connectivity index (χ3v) is 3.57. The van der Waals surface area contributed by atoms with Crippen LogP contribution in [-0.2, 0) is 9.59 Å². The van der Waals surface area contributed by atoms with E-state index >= 15 is 0 Å². The van der Waals surface area contributed by atoms with Crippen LogP contribution in [0.5, 0.6) is 0 Å². The smallest absolute Gasteiger partial charge is 0.306 e. The van der Waals surface area contributed by atoms with Gasteiger partial charge in [-0.3, -0.25) is 9.59 Å². The second kappa shape index (κ2) is 5.49. The maximum absolute atomic E-state index is 11.6. The fourth-order valence-electron chi connectivity index (χ4n) is 2.29. The van der Waals surface area contributed by atoms with Crippen LogP contribution in [0.15, 0.2) is 0 Å². The van der Waals surface area contributed by atoms with Crippen molar-refractivity contribution in [3.63, 3.8) is 0 Å². The Hall–Kier alpha value is -1.10. The lowest BCUT2D eigenvalue weighted by Gasteiger charge is -2.26. The number of carboxylic acid groups (broad SMARTS) is 1. The summed E-state index contributed by atoms with van der Waals surface area (Å²) in [5.74, 6) is -0.881. The predicted molar refractivity (Wildman–Crippen MR) is 62.5 cm³/mol. The van der Waals surface area contributed by atoms with E-state index in [4.69, 9.17) is 5.11 Å². The molecule has 0 aromatic rings. The van der Waals surface area contributed by atoms with Crippen LogP contribution in [-0.4, -0.2) is 35.6 Å². The number of carbonyl (C=O) groups excluding carboxylic acids is 1. The number of amides is 1. The van der Waals surface area contributed by atoms with Gasteiger partial charge in [0.15, 0.2) is 0 Å². The molecule has 0 bridgehead atoms. The first-order chi connectivity index (χ1) is 8.15. The van der Waals surface area contributed by atoms with Crippen molar-refractivity contribution in [3.8, 4) is 0 Å². The first-order valence-corrected chi connectivity index (χ1v) is 6.40. The molecule has 2 rings (SSSR count). The minimum absolute atomic E-state index is 0.0377. The standard InChI is InChI=1S/C12H20N2O3/c15-11(7-13-9-5-6-9)14-10-3-1-8(2-4-10)12(16)17/h8-10,13H,1-7H2,(H,14,15)(H,16,17). The highest BCUT2D eigenvalue weighted by Gasteiger charge is 2.27. The topological polar surface area (TPSA) is 78.4 Å². The summed E-state index contributed by atoms with van der Waals surface area (Å²) in [6, 6.07) is 0.711. The maximum atomic E-state index is 11.6. The van der Waals surface area contributed by atoms with Crippen LogP contribution in [0.1, 0.15) is 38.5 Å². The average molecular weight is 240 g/mol. The molecule has 0 saturated heterocycles. The largest absolute Gasteiger partial charge is 0.481 e. The van der Waals surface area contributed by atoms with Crippen molar-refractivity contribution >= 4 is 11.9 Å². The van der Waals surface area contributed by atoms with Gasteiger partial charge in [0.25, 0.3) is 0 Å². The van der Waals surface area contributed by atoms with Gasteiger partial charge in [-0.05, 0) is 38.5 Å². The van der Waals surface area contributed by atoms with Gasteiger partial charge in [-0.25, -0.2) is 0 Å². The molecule has 17 heavy (non-hydrogen) atoms. The van der Waals surface area contributed by atoms with E-state index in [0.29, 0.717) is 25.4 Å². The van der Waals surface area contributed by atoms with E-state index in [0.717, 1.165) is 12.8 Å². The zero-order valence-corrected chi connectivity index (χ0v) is 9.95. The van der Waals surface area contributed by atoms with E-state index < -0.39 is 5.97 Å². The normalized spacial score (nSPS) is 28.7. The lowest BCUT2D eigenvalue weighted by Crippen LogP contribution is -2.43. The van der Waals surface area contributed by atoms with Crippen LogP contribution in [0.3, 0.4) is 0 Å². The van der Waals surface area contributed by atoms with Gasteiger partial charge in [0.05, 0.1) is 12.5 Å². The van der Waals surface area contributed by atoms with Crippen molar-refractivity contribution in [1.29, 1.82) is 0 Å². The van der Waals surface area contributed by atoms with Gasteiger partial charge in [-0.1, -0.05) is 0 Å². The number of carboxylic acids is 1. The Kier molecular flexibility index (Phi) is 3.99. The highest BCUT2D eigenvalue weighted by Crippen LogP contribution is 2.24. The van der Waals surface area contributed by atoms with Crippen LogP contribution >= 0.6 is 0 Å². The van der Waals surface area contributed by atoms with Crippen LogP contribution in [0.25, 0.3) is 0 Å². The molecule has 5 heteroatoms. The maximum Gasteiger partial charge on any atom is 0.306 e. The summed E-state index contributed by atoms with van der Waals surface area (Å²) in [5, 5.41) is 15.0. The summed E-state index contributed by atoms with van der Waals surface area (Å²) in [7, 11) is 0. The Morgan fingerprint density at radius 3 is 2.12 bits per heavy atom. The SMILES string of the molecule is O=C(CNC1CC1)NC1CCC(C(=O)O)CC1. The number of hydrogen-bond acceptors (Lipinski definition) is 3. The van der Waals surface area contributed by atoms with Crippen LogP contribution in [0, 0.1) is 5.92 Å². The first-order valence-electron chi connectivity index (χ1n) is 6.40. The van der Waals surface area contributed by atoms with E-state index in [2.05, 4.69) is 10.6 Å². The van der Waals surface area contributed by atoms with E-state index in [1.54, 1.807) is 0 Å². The number of hydrogen-bond donors (Lipinski definition) is 3. The van der Waals surface area contributed by atoms with Gasteiger partial charge in [0.2, 0.25) is 5.91 Å². The number of nitrogens with one attached hydrogen (secondary N) is 2. The Bertz CT molecular complexity index is 294. The molecule has 2 saturated carbocycles. The molecule has 1 amide bonds. The third kappa shape index (κ3) is 4.00. The lowest BCUT2D eigenvalue weighted by molar-refractivity contribution is -0.142. The number of carbonyl (C=O) groups is 2. The van der Waals surface area contributed by atoms with Crippen LogP contribution in [0.2, 0.25) is 0 Å². The van der Waals surface area contributed by atoms with Crippen molar-refractivity contribution in [1.82, 2.24) is 10.6 Å². The molecule has 0 radical (unpaired) electrons. The summed E-state index contributed by atoms with van der Waals surface area (Å²) >= 11 is 0. The fraction of sp³-hybridized carbons (Fsp3) is 0.833. The summed E-state index contributed by atoms with van der Waals surface area (Å²) in [5.41, 5.74) is 0. The van der Waals surface area contributed by atoms with Crippen molar-refractivity contribution in [3.05, 3.63) is 0 Å². The molecular weight excluding hydrogens is 220 g/mol. The van der Waals surface area contributed by atoms with Gasteiger partial charge >= 0.3 is 5.97 Å². The molecule has 0 aromatic heterocycles. The summed E-state index contributed by atoms with van der Waals surface area (Å²) in [6.45, 7) is 0.392. The summed E-state index contributed by atoms with van der Waals surface area (Å²) < 4.78 is 0. The lowest BCUT2D eigenvalue weighted by atomic mass is 9.86. The average Bonchev–Trinajstić information content (AvgIpc) is 3.11. The minimum Gasteiger partial charge on any atom is -0.481 e. The molecule has 2 aliphatic carbocycles. The van der Waals surface area contributed by atoms with Crippen molar-refractivity contribution in [2.24, 2.45) is 5.92 Å². The Morgan fingerprint density at radius 1 is 1.00 bits per heavy atom. The zero-order valence-electron chi connectivity index (χ0n) is 9.95.